The first-order valence-corrected chi connectivity index (χ1v) is 8.57. The number of carbonyl (C=O) groups excluding carboxylic acids is 2. The Morgan fingerprint density at radius 1 is 1.21 bits per heavy atom. The zero-order valence-corrected chi connectivity index (χ0v) is 15.8. The maximum absolute atomic E-state index is 13.1. The van der Waals surface area contributed by atoms with Crippen molar-refractivity contribution in [3.63, 3.8) is 0 Å². The molecule has 0 aliphatic carbocycles. The van der Waals surface area contributed by atoms with Crippen molar-refractivity contribution in [1.82, 2.24) is 0 Å². The Balaban J connectivity index is 2.17. The summed E-state index contributed by atoms with van der Waals surface area (Å²) in [6, 6.07) is 12.5. The van der Waals surface area contributed by atoms with Crippen LogP contribution in [0.2, 0.25) is 5.02 Å². The third kappa shape index (κ3) is 3.39. The molecule has 1 aliphatic rings. The number of carbonyl (C=O) groups is 2. The van der Waals surface area contributed by atoms with Crippen LogP contribution in [-0.4, -0.2) is 23.9 Å². The molecule has 28 heavy (non-hydrogen) atoms. The van der Waals surface area contributed by atoms with Gasteiger partial charge in [0.05, 0.1) is 33.9 Å². The largest absolute Gasteiger partial charge is 0.465 e. The van der Waals surface area contributed by atoms with E-state index in [4.69, 9.17) is 16.3 Å². The summed E-state index contributed by atoms with van der Waals surface area (Å²) in [7, 11) is 1.22. The van der Waals surface area contributed by atoms with Gasteiger partial charge in [-0.05, 0) is 30.7 Å². The Bertz CT molecular complexity index is 1060. The normalized spacial score (nSPS) is 15.3. The lowest BCUT2D eigenvalue weighted by molar-refractivity contribution is -0.384. The fourth-order valence-corrected chi connectivity index (χ4v) is 3.22. The molecule has 0 N–H and O–H groups in total. The van der Waals surface area contributed by atoms with Gasteiger partial charge in [0, 0.05) is 17.8 Å². The highest BCUT2D eigenvalue weighted by molar-refractivity contribution is 6.35. The molecular formula is C20H15ClN2O5. The number of nitrogens with zero attached hydrogens (tertiary/aromatic N) is 2. The maximum atomic E-state index is 13.1. The molecule has 0 radical (unpaired) electrons. The molecule has 0 saturated carbocycles. The van der Waals surface area contributed by atoms with Gasteiger partial charge in [0.2, 0.25) is 0 Å². The Morgan fingerprint density at radius 2 is 1.93 bits per heavy atom. The van der Waals surface area contributed by atoms with E-state index in [-0.39, 0.29) is 16.8 Å². The molecule has 0 saturated heterocycles. The number of amides is 1. The molecule has 0 spiro atoms. The molecule has 0 unspecified atom stereocenters. The topological polar surface area (TPSA) is 89.8 Å². The van der Waals surface area contributed by atoms with E-state index < -0.39 is 16.8 Å². The quantitative estimate of drug-likeness (QED) is 0.334. The molecule has 1 heterocycles. The number of rotatable bonds is 4. The second-order valence-electron chi connectivity index (χ2n) is 5.95. The number of esters is 1. The predicted molar refractivity (Wildman–Crippen MR) is 105 cm³/mol. The van der Waals surface area contributed by atoms with Crippen molar-refractivity contribution in [2.45, 2.75) is 6.92 Å². The molecule has 0 fully saturated rings. The number of nitro benzene ring substituents is 1. The van der Waals surface area contributed by atoms with Gasteiger partial charge >= 0.3 is 5.97 Å². The lowest BCUT2D eigenvalue weighted by Crippen LogP contribution is -2.24. The first-order chi connectivity index (χ1) is 13.3. The molecule has 2 aromatic rings. The SMILES string of the molecule is COC(=O)C1=C(C)N(c2ccccc2Cl)C(=O)/C1=C\c1cccc([N+](=O)[O-])c1. The molecule has 0 atom stereocenters. The first kappa shape index (κ1) is 19.3. The number of nitro groups is 1. The van der Waals surface area contributed by atoms with Crippen LogP contribution in [0.3, 0.4) is 0 Å². The number of para-hydroxylation sites is 1. The van der Waals surface area contributed by atoms with Crippen LogP contribution in [0.1, 0.15) is 12.5 Å². The maximum Gasteiger partial charge on any atom is 0.340 e. The van der Waals surface area contributed by atoms with Gasteiger partial charge in [-0.2, -0.15) is 0 Å². The molecule has 0 aromatic heterocycles. The minimum absolute atomic E-state index is 0.0739. The minimum atomic E-state index is -0.683. The summed E-state index contributed by atoms with van der Waals surface area (Å²) in [6.45, 7) is 1.61. The van der Waals surface area contributed by atoms with Crippen LogP contribution in [0.4, 0.5) is 11.4 Å². The minimum Gasteiger partial charge on any atom is -0.465 e. The number of allylic oxidation sites excluding steroid dienone is 1. The number of hydrogen-bond acceptors (Lipinski definition) is 5. The first-order valence-electron chi connectivity index (χ1n) is 8.20. The summed E-state index contributed by atoms with van der Waals surface area (Å²) in [6.07, 6.45) is 1.43. The molecular weight excluding hydrogens is 384 g/mol. The summed E-state index contributed by atoms with van der Waals surface area (Å²) in [5.74, 6) is -1.16. The Hall–Kier alpha value is -3.45. The lowest BCUT2D eigenvalue weighted by atomic mass is 10.0. The van der Waals surface area contributed by atoms with Gasteiger partial charge < -0.3 is 4.74 Å². The van der Waals surface area contributed by atoms with Gasteiger partial charge in [0.1, 0.15) is 0 Å². The second kappa shape index (κ2) is 7.66. The molecule has 7 nitrogen and oxygen atoms in total. The third-order valence-electron chi connectivity index (χ3n) is 4.27. The van der Waals surface area contributed by atoms with Gasteiger partial charge in [0.15, 0.2) is 0 Å². The number of ether oxygens (including phenoxy) is 1. The van der Waals surface area contributed by atoms with Crippen LogP contribution < -0.4 is 4.90 Å². The monoisotopic (exact) mass is 398 g/mol. The van der Waals surface area contributed by atoms with Gasteiger partial charge in [-0.3, -0.25) is 19.8 Å². The Kier molecular flexibility index (Phi) is 5.28. The summed E-state index contributed by atoms with van der Waals surface area (Å²) >= 11 is 6.23. The van der Waals surface area contributed by atoms with Crippen molar-refractivity contribution >= 4 is 40.9 Å². The van der Waals surface area contributed by atoms with Crippen molar-refractivity contribution in [3.05, 3.63) is 86.1 Å². The fourth-order valence-electron chi connectivity index (χ4n) is 3.00. The summed E-state index contributed by atoms with van der Waals surface area (Å²) < 4.78 is 4.84. The number of hydrogen-bond donors (Lipinski definition) is 0. The van der Waals surface area contributed by atoms with Crippen LogP contribution >= 0.6 is 11.6 Å². The van der Waals surface area contributed by atoms with Gasteiger partial charge in [0.25, 0.3) is 11.6 Å². The highest BCUT2D eigenvalue weighted by Gasteiger charge is 2.38. The Morgan fingerprint density at radius 3 is 2.57 bits per heavy atom. The molecule has 3 rings (SSSR count). The highest BCUT2D eigenvalue weighted by atomic mass is 35.5. The fraction of sp³-hybridized carbons (Fsp3) is 0.100. The summed E-state index contributed by atoms with van der Waals surface area (Å²) in [4.78, 5) is 37.3. The number of methoxy groups -OCH3 is 1. The van der Waals surface area contributed by atoms with Crippen LogP contribution in [0, 0.1) is 10.1 Å². The van der Waals surface area contributed by atoms with Crippen molar-refractivity contribution < 1.29 is 19.2 Å². The average Bonchev–Trinajstić information content (AvgIpc) is 2.92. The molecule has 8 heteroatoms. The van der Waals surface area contributed by atoms with E-state index in [1.54, 1.807) is 37.3 Å². The van der Waals surface area contributed by atoms with Crippen molar-refractivity contribution in [3.8, 4) is 0 Å². The van der Waals surface area contributed by atoms with Gasteiger partial charge in [-0.1, -0.05) is 35.9 Å². The number of anilines is 1. The average molecular weight is 399 g/mol. The molecule has 1 amide bonds. The number of benzene rings is 2. The third-order valence-corrected chi connectivity index (χ3v) is 4.59. The summed E-state index contributed by atoms with van der Waals surface area (Å²) in [5, 5.41) is 11.4. The van der Waals surface area contributed by atoms with Crippen molar-refractivity contribution in [2.24, 2.45) is 0 Å². The van der Waals surface area contributed by atoms with E-state index in [0.29, 0.717) is 22.0 Å². The van der Waals surface area contributed by atoms with Crippen LogP contribution in [0.5, 0.6) is 0 Å². The van der Waals surface area contributed by atoms with Crippen molar-refractivity contribution in [1.29, 1.82) is 0 Å². The van der Waals surface area contributed by atoms with Crippen LogP contribution in [-0.2, 0) is 14.3 Å². The Labute approximate surface area is 165 Å². The second-order valence-corrected chi connectivity index (χ2v) is 6.36. The number of non-ortho nitro benzene ring substituents is 1. The van der Waals surface area contributed by atoms with Gasteiger partial charge in [-0.15, -0.1) is 0 Å². The molecule has 1 aliphatic heterocycles. The zero-order chi connectivity index (χ0) is 20.4. The predicted octanol–water partition coefficient (Wildman–Crippen LogP) is 4.13. The van der Waals surface area contributed by atoms with Gasteiger partial charge in [-0.25, -0.2) is 4.79 Å². The summed E-state index contributed by atoms with van der Waals surface area (Å²) in [5.41, 5.74) is 1.23. The van der Waals surface area contributed by atoms with E-state index in [2.05, 4.69) is 0 Å². The lowest BCUT2D eigenvalue weighted by Gasteiger charge is -2.19. The van der Waals surface area contributed by atoms with E-state index in [0.717, 1.165) is 0 Å². The van der Waals surface area contributed by atoms with Crippen molar-refractivity contribution in [2.75, 3.05) is 12.0 Å². The van der Waals surface area contributed by atoms with E-state index in [9.17, 15) is 19.7 Å². The standard InChI is InChI=1S/C20H15ClN2O5/c1-12-18(20(25)28-2)15(11-13-6-5-7-14(10-13)23(26)27)19(24)22(12)17-9-4-3-8-16(17)21/h3-11H,1-2H3/b15-11-. The zero-order valence-electron chi connectivity index (χ0n) is 15.0. The smallest absolute Gasteiger partial charge is 0.340 e. The molecule has 0 bridgehead atoms. The van der Waals surface area contributed by atoms with E-state index in [1.165, 1.54) is 36.3 Å². The molecule has 142 valence electrons. The molecule has 2 aromatic carbocycles. The highest BCUT2D eigenvalue weighted by Crippen LogP contribution is 2.38. The van der Waals surface area contributed by atoms with Crippen LogP contribution in [0.25, 0.3) is 6.08 Å². The van der Waals surface area contributed by atoms with E-state index >= 15 is 0 Å². The number of halogens is 1. The van der Waals surface area contributed by atoms with Crippen LogP contribution in [0.15, 0.2) is 65.4 Å². The van der Waals surface area contributed by atoms with E-state index in [1.807, 2.05) is 0 Å².